The van der Waals surface area contributed by atoms with Crippen LogP contribution < -0.4 is 4.72 Å². The Labute approximate surface area is 150 Å². The molecule has 2 rings (SSSR count). The second-order valence-electron chi connectivity index (χ2n) is 6.44. The van der Waals surface area contributed by atoms with E-state index in [-0.39, 0.29) is 10.9 Å². The lowest BCUT2D eigenvalue weighted by molar-refractivity contribution is 0.104. The highest BCUT2D eigenvalue weighted by molar-refractivity contribution is 7.90. The summed E-state index contributed by atoms with van der Waals surface area (Å²) in [4.78, 5) is 16.5. The van der Waals surface area contributed by atoms with E-state index in [9.17, 15) is 13.2 Å². The fraction of sp³-hybridized carbons (Fsp3) is 0.588. The van der Waals surface area contributed by atoms with Crippen LogP contribution in [0.2, 0.25) is 0 Å². The molecular formula is C17H27N3O4S. The molecule has 1 saturated heterocycles. The molecule has 2 amide bonds. The number of carbonyl (C=O) groups excluding carboxylic acids is 1. The van der Waals surface area contributed by atoms with Crippen LogP contribution in [0.25, 0.3) is 0 Å². The Bertz CT molecular complexity index is 668. The van der Waals surface area contributed by atoms with Gasteiger partial charge in [0.1, 0.15) is 0 Å². The summed E-state index contributed by atoms with van der Waals surface area (Å²) in [6, 6.07) is 5.84. The minimum absolute atomic E-state index is 0.0135. The minimum atomic E-state index is -3.89. The van der Waals surface area contributed by atoms with Crippen LogP contribution in [-0.4, -0.2) is 70.7 Å². The van der Waals surface area contributed by atoms with E-state index in [0.717, 1.165) is 31.5 Å². The SMILES string of the molecule is COCCN(C(=O)NS(=O)(=O)c1ccc(C)cc1)C1CCN(C)CC1. The van der Waals surface area contributed by atoms with E-state index >= 15 is 0 Å². The van der Waals surface area contributed by atoms with Gasteiger partial charge in [-0.1, -0.05) is 17.7 Å². The van der Waals surface area contributed by atoms with Crippen molar-refractivity contribution < 1.29 is 17.9 Å². The third-order valence-electron chi connectivity index (χ3n) is 4.48. The fourth-order valence-electron chi connectivity index (χ4n) is 2.90. The Hall–Kier alpha value is -1.64. The topological polar surface area (TPSA) is 79.0 Å². The number of hydrogen-bond acceptors (Lipinski definition) is 5. The number of methoxy groups -OCH3 is 1. The van der Waals surface area contributed by atoms with E-state index in [4.69, 9.17) is 4.74 Å². The van der Waals surface area contributed by atoms with Gasteiger partial charge in [0.2, 0.25) is 0 Å². The zero-order valence-electron chi connectivity index (χ0n) is 15.1. The van der Waals surface area contributed by atoms with Gasteiger partial charge in [-0.15, -0.1) is 0 Å². The van der Waals surface area contributed by atoms with Gasteiger partial charge >= 0.3 is 6.03 Å². The van der Waals surface area contributed by atoms with Crippen LogP contribution in [0.15, 0.2) is 29.2 Å². The van der Waals surface area contributed by atoms with Crippen molar-refractivity contribution in [3.63, 3.8) is 0 Å². The number of amides is 2. The second-order valence-corrected chi connectivity index (χ2v) is 8.13. The highest BCUT2D eigenvalue weighted by Gasteiger charge is 2.29. The number of aryl methyl sites for hydroxylation is 1. The molecule has 0 atom stereocenters. The smallest absolute Gasteiger partial charge is 0.331 e. The molecule has 0 bridgehead atoms. The summed E-state index contributed by atoms with van der Waals surface area (Å²) < 4.78 is 32.2. The highest BCUT2D eigenvalue weighted by atomic mass is 32.2. The summed E-state index contributed by atoms with van der Waals surface area (Å²) in [7, 11) is -0.286. The van der Waals surface area contributed by atoms with Crippen molar-refractivity contribution >= 4 is 16.1 Å². The van der Waals surface area contributed by atoms with Gasteiger partial charge in [-0.3, -0.25) is 0 Å². The Morgan fingerprint density at radius 1 is 1.28 bits per heavy atom. The normalized spacial score (nSPS) is 16.6. The first-order valence-corrected chi connectivity index (χ1v) is 9.89. The molecule has 0 saturated carbocycles. The number of likely N-dealkylation sites (tertiary alicyclic amines) is 1. The number of carbonyl (C=O) groups is 1. The lowest BCUT2D eigenvalue weighted by atomic mass is 10.0. The predicted octanol–water partition coefficient (Wildman–Crippen LogP) is 1.44. The zero-order valence-corrected chi connectivity index (χ0v) is 15.9. The predicted molar refractivity (Wildman–Crippen MR) is 96.0 cm³/mol. The summed E-state index contributed by atoms with van der Waals surface area (Å²) in [5, 5.41) is 0. The summed E-state index contributed by atoms with van der Waals surface area (Å²) in [5.41, 5.74) is 0.957. The maximum atomic E-state index is 12.7. The summed E-state index contributed by atoms with van der Waals surface area (Å²) >= 11 is 0. The Morgan fingerprint density at radius 2 is 1.88 bits per heavy atom. The molecule has 8 heteroatoms. The number of ether oxygens (including phenoxy) is 1. The molecule has 1 aliphatic heterocycles. The summed E-state index contributed by atoms with van der Waals surface area (Å²) in [6.07, 6.45) is 1.64. The van der Waals surface area contributed by atoms with Crippen LogP contribution in [0, 0.1) is 6.92 Å². The molecule has 1 N–H and O–H groups in total. The number of hydrogen-bond donors (Lipinski definition) is 1. The van der Waals surface area contributed by atoms with E-state index in [2.05, 4.69) is 9.62 Å². The first kappa shape index (κ1) is 19.7. The number of piperidine rings is 1. The van der Waals surface area contributed by atoms with Crippen molar-refractivity contribution in [3.8, 4) is 0 Å². The quantitative estimate of drug-likeness (QED) is 0.821. The van der Waals surface area contributed by atoms with E-state index in [1.165, 1.54) is 12.1 Å². The maximum absolute atomic E-state index is 12.7. The molecule has 7 nitrogen and oxygen atoms in total. The van der Waals surface area contributed by atoms with Crippen LogP contribution in [0.1, 0.15) is 18.4 Å². The Morgan fingerprint density at radius 3 is 2.44 bits per heavy atom. The Balaban J connectivity index is 2.11. The molecular weight excluding hydrogens is 342 g/mol. The number of urea groups is 1. The molecule has 1 heterocycles. The van der Waals surface area contributed by atoms with Gasteiger partial charge in [0, 0.05) is 19.7 Å². The molecule has 0 aromatic heterocycles. The van der Waals surface area contributed by atoms with Gasteiger partial charge < -0.3 is 14.5 Å². The van der Waals surface area contributed by atoms with Crippen molar-refractivity contribution in [2.75, 3.05) is 40.4 Å². The highest BCUT2D eigenvalue weighted by Crippen LogP contribution is 2.17. The molecule has 1 aromatic carbocycles. The number of benzene rings is 1. The van der Waals surface area contributed by atoms with Gasteiger partial charge in [0.25, 0.3) is 10.0 Å². The number of rotatable bonds is 6. The zero-order chi connectivity index (χ0) is 18.4. The standard InChI is InChI=1S/C17H27N3O4S/c1-14-4-6-16(7-5-14)25(22,23)18-17(21)20(12-13-24-3)15-8-10-19(2)11-9-15/h4-7,15H,8-13H2,1-3H3,(H,18,21). The van der Waals surface area contributed by atoms with Gasteiger partial charge in [0.05, 0.1) is 11.5 Å². The minimum Gasteiger partial charge on any atom is -0.383 e. The first-order chi connectivity index (χ1) is 11.8. The molecule has 1 aromatic rings. The molecule has 0 radical (unpaired) electrons. The average molecular weight is 369 g/mol. The van der Waals surface area contributed by atoms with Gasteiger partial charge in [-0.2, -0.15) is 0 Å². The number of nitrogens with zero attached hydrogens (tertiary/aromatic N) is 2. The number of nitrogens with one attached hydrogen (secondary N) is 1. The van der Waals surface area contributed by atoms with E-state index in [1.54, 1.807) is 24.1 Å². The monoisotopic (exact) mass is 369 g/mol. The van der Waals surface area contributed by atoms with Gasteiger partial charge in [-0.25, -0.2) is 17.9 Å². The van der Waals surface area contributed by atoms with E-state index in [1.807, 2.05) is 14.0 Å². The van der Waals surface area contributed by atoms with Crippen LogP contribution in [-0.2, 0) is 14.8 Å². The summed E-state index contributed by atoms with van der Waals surface area (Å²) in [5.74, 6) is 0. The molecule has 0 spiro atoms. The third kappa shape index (κ3) is 5.42. The Kier molecular flexibility index (Phi) is 6.80. The van der Waals surface area contributed by atoms with E-state index < -0.39 is 16.1 Å². The van der Waals surface area contributed by atoms with Gasteiger partial charge in [-0.05, 0) is 52.0 Å². The average Bonchev–Trinajstić information content (AvgIpc) is 2.56. The molecule has 0 aliphatic carbocycles. The van der Waals surface area contributed by atoms with Crippen LogP contribution >= 0.6 is 0 Å². The van der Waals surface area contributed by atoms with Crippen LogP contribution in [0.3, 0.4) is 0 Å². The summed E-state index contributed by atoms with van der Waals surface area (Å²) in [6.45, 7) is 4.37. The molecule has 140 valence electrons. The van der Waals surface area contributed by atoms with Crippen molar-refractivity contribution in [2.24, 2.45) is 0 Å². The second kappa shape index (κ2) is 8.64. The molecule has 1 fully saturated rings. The van der Waals surface area contributed by atoms with Crippen LogP contribution in [0.5, 0.6) is 0 Å². The first-order valence-electron chi connectivity index (χ1n) is 8.41. The lowest BCUT2D eigenvalue weighted by Crippen LogP contribution is -2.52. The van der Waals surface area contributed by atoms with Gasteiger partial charge in [0.15, 0.2) is 0 Å². The van der Waals surface area contributed by atoms with Crippen molar-refractivity contribution in [1.82, 2.24) is 14.5 Å². The molecule has 0 unspecified atom stereocenters. The van der Waals surface area contributed by atoms with Crippen molar-refractivity contribution in [2.45, 2.75) is 30.7 Å². The molecule has 25 heavy (non-hydrogen) atoms. The van der Waals surface area contributed by atoms with Crippen molar-refractivity contribution in [3.05, 3.63) is 29.8 Å². The van der Waals surface area contributed by atoms with Crippen LogP contribution in [0.4, 0.5) is 4.79 Å². The largest absolute Gasteiger partial charge is 0.383 e. The lowest BCUT2D eigenvalue weighted by Gasteiger charge is -2.37. The molecule has 1 aliphatic rings. The maximum Gasteiger partial charge on any atom is 0.331 e. The fourth-order valence-corrected chi connectivity index (χ4v) is 3.86. The third-order valence-corrected chi connectivity index (χ3v) is 5.82. The number of sulfonamides is 1. The van der Waals surface area contributed by atoms with E-state index in [0.29, 0.717) is 13.2 Å². The van der Waals surface area contributed by atoms with Crippen molar-refractivity contribution in [1.29, 1.82) is 0 Å².